The number of nitrogens with one attached hydrogen (secondary N) is 1. The normalized spacial score (nSPS) is 30.1. The summed E-state index contributed by atoms with van der Waals surface area (Å²) < 4.78 is 19.5. The summed E-state index contributed by atoms with van der Waals surface area (Å²) in [5.74, 6) is 0.318. The summed E-state index contributed by atoms with van der Waals surface area (Å²) >= 11 is 0. The van der Waals surface area contributed by atoms with Crippen LogP contribution in [0.2, 0.25) is 0 Å². The Morgan fingerprint density at radius 1 is 1.33 bits per heavy atom. The number of hydrogen-bond acceptors (Lipinski definition) is 3. The van der Waals surface area contributed by atoms with E-state index in [2.05, 4.69) is 17.1 Å². The number of likely N-dealkylation sites (N-methyl/N-ethyl adjacent to an activating group) is 1. The summed E-state index contributed by atoms with van der Waals surface area (Å²) in [6, 6.07) is 7.67. The van der Waals surface area contributed by atoms with Gasteiger partial charge in [0.15, 0.2) is 0 Å². The summed E-state index contributed by atoms with van der Waals surface area (Å²) in [6.07, 6.45) is 2.36. The molecule has 1 atom stereocenters. The minimum atomic E-state index is -0.0600. The molecule has 1 aliphatic heterocycles. The number of ether oxygens (including phenoxy) is 1. The first-order valence-corrected chi connectivity index (χ1v) is 8.08. The van der Waals surface area contributed by atoms with Crippen molar-refractivity contribution in [2.45, 2.75) is 37.8 Å². The molecule has 1 heterocycles. The molecule has 0 bridgehead atoms. The zero-order chi connectivity index (χ0) is 14.7. The molecular weight excluding hydrogens is 267 g/mol. The number of morpholine rings is 1. The molecule has 2 aliphatic rings. The van der Waals surface area contributed by atoms with Gasteiger partial charge in [-0.2, -0.15) is 0 Å². The molecule has 0 amide bonds. The van der Waals surface area contributed by atoms with Gasteiger partial charge in [-0.25, -0.2) is 4.39 Å². The molecule has 0 aromatic heterocycles. The molecule has 1 N–H and O–H groups in total. The predicted molar refractivity (Wildman–Crippen MR) is 82.0 cm³/mol. The highest BCUT2D eigenvalue weighted by molar-refractivity contribution is 5.24. The van der Waals surface area contributed by atoms with Gasteiger partial charge in [-0.15, -0.1) is 0 Å². The average molecular weight is 292 g/mol. The third-order valence-corrected chi connectivity index (χ3v) is 4.79. The fourth-order valence-corrected chi connectivity index (χ4v) is 3.33. The van der Waals surface area contributed by atoms with E-state index in [1.54, 1.807) is 12.1 Å². The van der Waals surface area contributed by atoms with Crippen LogP contribution >= 0.6 is 0 Å². The molecule has 2 fully saturated rings. The Balaban J connectivity index is 1.40. The molecule has 4 heteroatoms. The number of nitrogens with zero attached hydrogens (tertiary/aromatic N) is 1. The largest absolute Gasteiger partial charge is 0.374 e. The quantitative estimate of drug-likeness (QED) is 0.902. The van der Waals surface area contributed by atoms with Crippen LogP contribution in [0.25, 0.3) is 0 Å². The van der Waals surface area contributed by atoms with E-state index in [-0.39, 0.29) is 5.82 Å². The highest BCUT2D eigenvalue weighted by Gasteiger charge is 2.32. The number of hydrogen-bond donors (Lipinski definition) is 1. The second-order valence-corrected chi connectivity index (χ2v) is 6.18. The van der Waals surface area contributed by atoms with Gasteiger partial charge in [0.1, 0.15) is 5.82 Å². The lowest BCUT2D eigenvalue weighted by Crippen LogP contribution is -2.50. The molecule has 116 valence electrons. The van der Waals surface area contributed by atoms with E-state index in [1.807, 2.05) is 12.1 Å². The van der Waals surface area contributed by atoms with Crippen molar-refractivity contribution >= 4 is 0 Å². The van der Waals surface area contributed by atoms with Gasteiger partial charge in [-0.3, -0.25) is 4.90 Å². The molecule has 1 saturated heterocycles. The minimum Gasteiger partial charge on any atom is -0.374 e. The molecule has 1 unspecified atom stereocenters. The second-order valence-electron chi connectivity index (χ2n) is 6.18. The maximum absolute atomic E-state index is 13.7. The van der Waals surface area contributed by atoms with E-state index < -0.39 is 0 Å². The number of halogens is 1. The van der Waals surface area contributed by atoms with Gasteiger partial charge < -0.3 is 10.1 Å². The zero-order valence-electron chi connectivity index (χ0n) is 12.7. The van der Waals surface area contributed by atoms with E-state index in [0.29, 0.717) is 18.1 Å². The lowest BCUT2D eigenvalue weighted by molar-refractivity contribution is -0.0277. The van der Waals surface area contributed by atoms with E-state index in [4.69, 9.17) is 4.74 Å². The van der Waals surface area contributed by atoms with Crippen LogP contribution < -0.4 is 5.32 Å². The summed E-state index contributed by atoms with van der Waals surface area (Å²) in [5.41, 5.74) is 0.877. The molecule has 3 rings (SSSR count). The maximum atomic E-state index is 13.7. The smallest absolute Gasteiger partial charge is 0.126 e. The third-order valence-electron chi connectivity index (χ3n) is 4.79. The Morgan fingerprint density at radius 3 is 2.90 bits per heavy atom. The van der Waals surface area contributed by atoms with Crippen molar-refractivity contribution in [1.82, 2.24) is 10.2 Å². The monoisotopic (exact) mass is 292 g/mol. The van der Waals surface area contributed by atoms with Crippen LogP contribution in [0.5, 0.6) is 0 Å². The van der Waals surface area contributed by atoms with Crippen molar-refractivity contribution in [2.24, 2.45) is 0 Å². The second kappa shape index (κ2) is 6.86. The van der Waals surface area contributed by atoms with Gasteiger partial charge in [0, 0.05) is 25.7 Å². The van der Waals surface area contributed by atoms with E-state index in [9.17, 15) is 4.39 Å². The molecule has 1 aliphatic carbocycles. The lowest BCUT2D eigenvalue weighted by Gasteiger charge is -2.38. The van der Waals surface area contributed by atoms with E-state index in [0.717, 1.165) is 51.2 Å². The van der Waals surface area contributed by atoms with Gasteiger partial charge in [-0.1, -0.05) is 25.1 Å². The van der Waals surface area contributed by atoms with Crippen molar-refractivity contribution in [3.8, 4) is 0 Å². The minimum absolute atomic E-state index is 0.0600. The maximum Gasteiger partial charge on any atom is 0.126 e. The van der Waals surface area contributed by atoms with Crippen molar-refractivity contribution in [3.05, 3.63) is 35.6 Å². The van der Waals surface area contributed by atoms with Crippen LogP contribution in [-0.4, -0.2) is 49.8 Å². The standard InChI is InChI=1S/C17H25FN2O/c1-2-20-7-8-21-15(12-20)11-19-14-9-13(10-14)16-5-3-4-6-17(16)18/h3-6,13-15,19H,2,7-12H2,1H3. The van der Waals surface area contributed by atoms with Gasteiger partial charge in [0.05, 0.1) is 12.7 Å². The first kappa shape index (κ1) is 14.9. The number of benzene rings is 1. The first-order chi connectivity index (χ1) is 10.3. The van der Waals surface area contributed by atoms with Crippen LogP contribution in [0.3, 0.4) is 0 Å². The lowest BCUT2D eigenvalue weighted by atomic mass is 9.75. The van der Waals surface area contributed by atoms with Crippen LogP contribution in [0.4, 0.5) is 4.39 Å². The van der Waals surface area contributed by atoms with Gasteiger partial charge in [0.25, 0.3) is 0 Å². The Bertz CT molecular complexity index is 462. The van der Waals surface area contributed by atoms with Crippen LogP contribution in [0.15, 0.2) is 24.3 Å². The van der Waals surface area contributed by atoms with Gasteiger partial charge >= 0.3 is 0 Å². The summed E-state index contributed by atoms with van der Waals surface area (Å²) in [4.78, 5) is 2.43. The summed E-state index contributed by atoms with van der Waals surface area (Å²) in [5, 5.41) is 3.58. The Morgan fingerprint density at radius 2 is 2.14 bits per heavy atom. The average Bonchev–Trinajstić information content (AvgIpc) is 2.47. The first-order valence-electron chi connectivity index (χ1n) is 8.08. The molecule has 1 saturated carbocycles. The fourth-order valence-electron chi connectivity index (χ4n) is 3.33. The van der Waals surface area contributed by atoms with Crippen molar-refractivity contribution < 1.29 is 9.13 Å². The highest BCUT2D eigenvalue weighted by atomic mass is 19.1. The summed E-state index contributed by atoms with van der Waals surface area (Å²) in [7, 11) is 0. The fraction of sp³-hybridized carbons (Fsp3) is 0.647. The Kier molecular flexibility index (Phi) is 4.88. The van der Waals surface area contributed by atoms with Crippen molar-refractivity contribution in [2.75, 3.05) is 32.8 Å². The van der Waals surface area contributed by atoms with Gasteiger partial charge in [0.2, 0.25) is 0 Å². The van der Waals surface area contributed by atoms with Crippen LogP contribution in [0, 0.1) is 5.82 Å². The van der Waals surface area contributed by atoms with Crippen LogP contribution in [0.1, 0.15) is 31.2 Å². The highest BCUT2D eigenvalue weighted by Crippen LogP contribution is 2.37. The van der Waals surface area contributed by atoms with E-state index in [1.165, 1.54) is 0 Å². The Hall–Kier alpha value is -0.970. The number of rotatable bonds is 5. The van der Waals surface area contributed by atoms with Crippen LogP contribution in [-0.2, 0) is 4.74 Å². The molecule has 0 radical (unpaired) electrons. The van der Waals surface area contributed by atoms with Crippen molar-refractivity contribution in [1.29, 1.82) is 0 Å². The topological polar surface area (TPSA) is 24.5 Å². The van der Waals surface area contributed by atoms with Crippen molar-refractivity contribution in [3.63, 3.8) is 0 Å². The molecular formula is C17H25FN2O. The molecule has 3 nitrogen and oxygen atoms in total. The summed E-state index contributed by atoms with van der Waals surface area (Å²) in [6.45, 7) is 7.10. The zero-order valence-corrected chi connectivity index (χ0v) is 12.7. The molecule has 1 aromatic rings. The predicted octanol–water partition coefficient (Wildman–Crippen LogP) is 2.38. The van der Waals surface area contributed by atoms with Gasteiger partial charge in [-0.05, 0) is 36.9 Å². The Labute approximate surface area is 126 Å². The third kappa shape index (κ3) is 3.62. The SMILES string of the molecule is CCN1CCOC(CNC2CC(c3ccccc3F)C2)C1. The molecule has 1 aromatic carbocycles. The molecule has 0 spiro atoms. The van der Waals surface area contributed by atoms with E-state index >= 15 is 0 Å². The molecule has 21 heavy (non-hydrogen) atoms.